The van der Waals surface area contributed by atoms with Crippen molar-refractivity contribution in [2.75, 3.05) is 19.7 Å². The summed E-state index contributed by atoms with van der Waals surface area (Å²) in [6.45, 7) is 20.0. The van der Waals surface area contributed by atoms with Gasteiger partial charge in [0.1, 0.15) is 0 Å². The molecule has 2 aliphatic heterocycles. The minimum absolute atomic E-state index is 0.0271. The van der Waals surface area contributed by atoms with E-state index < -0.39 is 29.9 Å². The fourth-order valence-electron chi connectivity index (χ4n) is 14.3. The summed E-state index contributed by atoms with van der Waals surface area (Å²) in [5, 5.41) is 23.7. The number of aromatic amines is 1. The van der Waals surface area contributed by atoms with E-state index in [0.29, 0.717) is 30.3 Å². The molecule has 6 unspecified atom stereocenters. The lowest BCUT2D eigenvalue weighted by molar-refractivity contribution is -0.249. The molecule has 10 heteroatoms. The van der Waals surface area contributed by atoms with Gasteiger partial charge in [-0.3, -0.25) is 9.69 Å². The molecule has 7 aliphatic rings. The summed E-state index contributed by atoms with van der Waals surface area (Å²) in [6, 6.07) is 0. The van der Waals surface area contributed by atoms with Crippen LogP contribution >= 0.6 is 0 Å². The number of imidazole rings is 1. The Labute approximate surface area is 298 Å². The van der Waals surface area contributed by atoms with E-state index >= 15 is 0 Å². The lowest BCUT2D eigenvalue weighted by Gasteiger charge is -2.64. The molecule has 0 aromatic carbocycles. The summed E-state index contributed by atoms with van der Waals surface area (Å²) < 4.78 is 25.7. The van der Waals surface area contributed by atoms with Gasteiger partial charge in [-0.05, 0) is 111 Å². The topological polar surface area (TPSA) is 126 Å². The molecule has 10 nitrogen and oxygen atoms in total. The lowest BCUT2D eigenvalue weighted by atomic mass is 9.41. The molecule has 14 atom stereocenters. The number of nitrogens with zero attached hydrogens (tertiary/aromatic N) is 2. The van der Waals surface area contributed by atoms with Gasteiger partial charge in [-0.1, -0.05) is 34.6 Å². The average molecular weight is 698 g/mol. The third-order valence-electron chi connectivity index (χ3n) is 16.5. The van der Waals surface area contributed by atoms with E-state index in [0.717, 1.165) is 51.0 Å². The highest BCUT2D eigenvalue weighted by atomic mass is 16.7. The number of hydrogen-bond donors (Lipinski definition) is 3. The monoisotopic (exact) mass is 697 g/mol. The van der Waals surface area contributed by atoms with Crippen molar-refractivity contribution >= 4 is 5.97 Å². The van der Waals surface area contributed by atoms with Crippen molar-refractivity contribution in [3.05, 3.63) is 18.2 Å². The Hall–Kier alpha value is -1.56. The summed E-state index contributed by atoms with van der Waals surface area (Å²) in [6.07, 6.45) is 10.2. The van der Waals surface area contributed by atoms with Crippen LogP contribution in [0, 0.1) is 50.7 Å². The number of H-pyrrole nitrogens is 1. The van der Waals surface area contributed by atoms with Crippen LogP contribution in [0.15, 0.2) is 12.5 Å². The zero-order chi connectivity index (χ0) is 35.6. The predicted molar refractivity (Wildman–Crippen MR) is 186 cm³/mol. The molecule has 0 radical (unpaired) electrons. The zero-order valence-corrected chi connectivity index (χ0v) is 31.7. The number of nitrogens with one attached hydrogen (secondary N) is 1. The Kier molecular flexibility index (Phi) is 8.31. The van der Waals surface area contributed by atoms with Crippen molar-refractivity contribution < 1.29 is 34.0 Å². The molecule has 5 aliphatic carbocycles. The molecule has 2 saturated heterocycles. The van der Waals surface area contributed by atoms with Gasteiger partial charge in [0.2, 0.25) is 0 Å². The summed E-state index contributed by atoms with van der Waals surface area (Å²) in [5.41, 5.74) is 0.0944. The predicted octanol–water partition coefficient (Wildman–Crippen LogP) is 5.47. The van der Waals surface area contributed by atoms with E-state index in [1.54, 1.807) is 20.2 Å². The van der Waals surface area contributed by atoms with Crippen molar-refractivity contribution in [3.8, 4) is 0 Å². The maximum Gasteiger partial charge on any atom is 0.303 e. The Morgan fingerprint density at radius 1 is 1.14 bits per heavy atom. The normalized spacial score (nSPS) is 48.7. The largest absolute Gasteiger partial charge is 0.457 e. The van der Waals surface area contributed by atoms with Gasteiger partial charge >= 0.3 is 5.97 Å². The number of hydrogen-bond acceptors (Lipinski definition) is 9. The molecule has 2 spiro atoms. The van der Waals surface area contributed by atoms with Gasteiger partial charge in [-0.2, -0.15) is 0 Å². The molecule has 8 rings (SSSR count). The molecule has 3 N–H and O–H groups in total. The van der Waals surface area contributed by atoms with Crippen LogP contribution in [0.5, 0.6) is 0 Å². The van der Waals surface area contributed by atoms with Crippen LogP contribution in [-0.4, -0.2) is 93.2 Å². The van der Waals surface area contributed by atoms with Crippen LogP contribution in [-0.2, 0) is 30.3 Å². The van der Waals surface area contributed by atoms with Crippen molar-refractivity contribution in [2.24, 2.45) is 50.7 Å². The van der Waals surface area contributed by atoms with Crippen LogP contribution in [0.3, 0.4) is 0 Å². The molecule has 7 fully saturated rings. The van der Waals surface area contributed by atoms with Gasteiger partial charge < -0.3 is 34.1 Å². The number of ether oxygens (including phenoxy) is 4. The summed E-state index contributed by atoms with van der Waals surface area (Å²) in [5.74, 6) is 1.08. The molecule has 1 aromatic heterocycles. The minimum atomic E-state index is -1.26. The maximum atomic E-state index is 12.6. The number of rotatable bonds is 7. The van der Waals surface area contributed by atoms with Crippen LogP contribution in [0.1, 0.15) is 112 Å². The van der Waals surface area contributed by atoms with Gasteiger partial charge in [0.15, 0.2) is 12.4 Å². The third kappa shape index (κ3) is 4.93. The first kappa shape index (κ1) is 35.5. The molecular formula is C40H63N3O7. The summed E-state index contributed by atoms with van der Waals surface area (Å²) in [7, 11) is 0. The van der Waals surface area contributed by atoms with E-state index in [9.17, 15) is 15.0 Å². The second-order valence-corrected chi connectivity index (χ2v) is 19.5. The van der Waals surface area contributed by atoms with Crippen molar-refractivity contribution in [1.82, 2.24) is 14.9 Å². The molecule has 50 heavy (non-hydrogen) atoms. The number of aliphatic hydroxyl groups excluding tert-OH is 1. The van der Waals surface area contributed by atoms with Gasteiger partial charge in [0.25, 0.3) is 0 Å². The first-order valence-corrected chi connectivity index (χ1v) is 19.7. The first-order chi connectivity index (χ1) is 23.5. The average Bonchev–Trinajstić information content (AvgIpc) is 3.33. The van der Waals surface area contributed by atoms with Crippen molar-refractivity contribution in [2.45, 2.75) is 156 Å². The van der Waals surface area contributed by atoms with Crippen LogP contribution in [0.2, 0.25) is 0 Å². The van der Waals surface area contributed by atoms with E-state index in [1.807, 2.05) is 6.20 Å². The van der Waals surface area contributed by atoms with Gasteiger partial charge in [-0.15, -0.1) is 0 Å². The summed E-state index contributed by atoms with van der Waals surface area (Å²) >= 11 is 0. The Morgan fingerprint density at radius 2 is 1.88 bits per heavy atom. The number of fused-ring (bicyclic) bond motifs is 4. The number of aliphatic hydroxyl groups is 2. The number of aromatic nitrogens is 2. The van der Waals surface area contributed by atoms with Crippen molar-refractivity contribution in [3.63, 3.8) is 0 Å². The first-order valence-electron chi connectivity index (χ1n) is 19.7. The van der Waals surface area contributed by atoms with Crippen LogP contribution in [0.4, 0.5) is 0 Å². The highest BCUT2D eigenvalue weighted by Crippen LogP contribution is 2.89. The molecular weight excluding hydrogens is 634 g/mol. The Morgan fingerprint density at radius 3 is 2.58 bits per heavy atom. The highest BCUT2D eigenvalue weighted by molar-refractivity contribution is 5.66. The third-order valence-corrected chi connectivity index (χ3v) is 16.5. The minimum Gasteiger partial charge on any atom is -0.457 e. The smallest absolute Gasteiger partial charge is 0.303 e. The second-order valence-electron chi connectivity index (χ2n) is 19.5. The zero-order valence-electron chi connectivity index (χ0n) is 31.7. The highest BCUT2D eigenvalue weighted by Gasteiger charge is 2.84. The SMILES string of the molecule is CC(=O)O[C@@H]([C@@H]1C[C@@H](C)[C@H]2C(O1)[C@H](O)[C@@]1(C)C3CC[C@H]4C(C)(C)C(O[C@H]5CN(Cc6cnc[nH]6)CCO5)CCC45CC35CCC21C)C(C)(C)O. The fraction of sp³-hybridized carbons (Fsp3) is 0.900. The van der Waals surface area contributed by atoms with E-state index in [4.69, 9.17) is 18.9 Å². The van der Waals surface area contributed by atoms with Crippen LogP contribution in [0.25, 0.3) is 0 Å². The standard InChI is InChI=1S/C40H63N3O7/c1-23-17-26(34(36(5,6)46)48-24(2)44)49-32-31(23)37(7)13-14-40-21-39(40)12-11-29(35(3,4)27(39)9-10-28(40)38(37,8)33(32)45)50-30-20-43(15-16-47-30)19-25-18-41-22-42-25/h18,22-23,26-34,45-46H,9-17,19-21H2,1-8H3,(H,41,42)/t23-,26+,27+,28?,29?,30+,31+,32?,33+,34+,37?,38-,39?,40?/m1/s1. The lowest BCUT2D eigenvalue weighted by Crippen LogP contribution is -2.60. The van der Waals surface area contributed by atoms with E-state index in [1.165, 1.54) is 26.2 Å². The van der Waals surface area contributed by atoms with Crippen molar-refractivity contribution in [1.29, 1.82) is 0 Å². The quantitative estimate of drug-likeness (QED) is 0.318. The molecule has 0 bridgehead atoms. The van der Waals surface area contributed by atoms with Gasteiger partial charge in [0.05, 0.1) is 49.5 Å². The number of carbonyl (C=O) groups excluding carboxylic acids is 1. The molecule has 3 heterocycles. The molecule has 5 saturated carbocycles. The van der Waals surface area contributed by atoms with E-state index in [-0.39, 0.29) is 52.0 Å². The molecule has 0 amide bonds. The maximum absolute atomic E-state index is 12.6. The fourth-order valence-corrected chi connectivity index (χ4v) is 14.3. The molecule has 1 aromatic rings. The molecule has 280 valence electrons. The summed E-state index contributed by atoms with van der Waals surface area (Å²) in [4.78, 5) is 21.9. The number of carbonyl (C=O) groups is 1. The Bertz CT molecular complexity index is 1450. The number of esters is 1. The van der Waals surface area contributed by atoms with E-state index in [2.05, 4.69) is 49.5 Å². The number of morpholine rings is 1. The van der Waals surface area contributed by atoms with Crippen LogP contribution < -0.4 is 0 Å². The van der Waals surface area contributed by atoms with Gasteiger partial charge in [0, 0.05) is 37.3 Å². The second kappa shape index (κ2) is 11.7. The Balaban J connectivity index is 1.01. The van der Waals surface area contributed by atoms with Gasteiger partial charge in [-0.25, -0.2) is 4.98 Å².